The van der Waals surface area contributed by atoms with Crippen molar-refractivity contribution in [3.05, 3.63) is 11.1 Å². The summed E-state index contributed by atoms with van der Waals surface area (Å²) >= 11 is 0. The van der Waals surface area contributed by atoms with Crippen molar-refractivity contribution in [2.75, 3.05) is 0 Å². The molecule has 0 heteroatoms. The Bertz CT molecular complexity index is 188. The zero-order valence-corrected chi connectivity index (χ0v) is 11.7. The van der Waals surface area contributed by atoms with Crippen LogP contribution in [0.4, 0.5) is 0 Å². The lowest BCUT2D eigenvalue weighted by atomic mass is 9.83. The second kappa shape index (κ2) is 7.96. The maximum atomic E-state index is 2.40. The Hall–Kier alpha value is -0.260. The Morgan fingerprint density at radius 3 is 2.00 bits per heavy atom. The summed E-state index contributed by atoms with van der Waals surface area (Å²) in [4.78, 5) is 0. The lowest BCUT2D eigenvalue weighted by Gasteiger charge is -2.23. The molecular weight excluding hydrogens is 180 g/mol. The fraction of sp³-hybridized carbons (Fsp3) is 0.867. The second-order valence-corrected chi connectivity index (χ2v) is 4.94. The van der Waals surface area contributed by atoms with Crippen molar-refractivity contribution in [1.29, 1.82) is 0 Å². The van der Waals surface area contributed by atoms with Gasteiger partial charge in [-0.2, -0.15) is 0 Å². The molecule has 0 nitrogen and oxygen atoms in total. The molecule has 0 spiro atoms. The van der Waals surface area contributed by atoms with Crippen LogP contribution in [-0.2, 0) is 0 Å². The van der Waals surface area contributed by atoms with E-state index in [1.54, 1.807) is 11.1 Å². The van der Waals surface area contributed by atoms with Crippen LogP contribution in [0, 0.1) is 11.8 Å². The molecule has 2 atom stereocenters. The third-order valence-electron chi connectivity index (χ3n) is 3.82. The predicted molar refractivity (Wildman–Crippen MR) is 71.1 cm³/mol. The van der Waals surface area contributed by atoms with Crippen molar-refractivity contribution in [2.45, 2.75) is 73.6 Å². The molecule has 0 aliphatic heterocycles. The minimum Gasteiger partial charge on any atom is -0.0713 e. The van der Waals surface area contributed by atoms with Gasteiger partial charge in [-0.3, -0.25) is 0 Å². The fourth-order valence-corrected chi connectivity index (χ4v) is 2.41. The molecule has 0 rings (SSSR count). The molecule has 0 fully saturated rings. The molecule has 15 heavy (non-hydrogen) atoms. The maximum Gasteiger partial charge on any atom is -0.0206 e. The number of hydrogen-bond acceptors (Lipinski definition) is 0. The quantitative estimate of drug-likeness (QED) is 0.481. The second-order valence-electron chi connectivity index (χ2n) is 4.94. The van der Waals surface area contributed by atoms with Crippen LogP contribution in [0.2, 0.25) is 0 Å². The molecule has 0 heterocycles. The molecular formula is C15H30. The van der Waals surface area contributed by atoms with E-state index in [-0.39, 0.29) is 0 Å². The Kier molecular flexibility index (Phi) is 7.82. The maximum absolute atomic E-state index is 2.40. The third kappa shape index (κ3) is 4.86. The third-order valence-corrected chi connectivity index (χ3v) is 3.82. The Balaban J connectivity index is 4.54. The van der Waals surface area contributed by atoms with Crippen LogP contribution in [0.1, 0.15) is 73.6 Å². The summed E-state index contributed by atoms with van der Waals surface area (Å²) < 4.78 is 0. The average Bonchev–Trinajstić information content (AvgIpc) is 2.24. The van der Waals surface area contributed by atoms with Crippen LogP contribution >= 0.6 is 0 Å². The van der Waals surface area contributed by atoms with E-state index < -0.39 is 0 Å². The molecule has 90 valence electrons. The van der Waals surface area contributed by atoms with Crippen LogP contribution in [0.5, 0.6) is 0 Å². The molecule has 2 unspecified atom stereocenters. The first-order chi connectivity index (χ1) is 7.08. The Morgan fingerprint density at radius 1 is 1.00 bits per heavy atom. The summed E-state index contributed by atoms with van der Waals surface area (Å²) in [6.45, 7) is 14.0. The largest absolute Gasteiger partial charge is 0.0713 e. The highest BCUT2D eigenvalue weighted by molar-refractivity contribution is 5.14. The van der Waals surface area contributed by atoms with Crippen molar-refractivity contribution in [3.8, 4) is 0 Å². The van der Waals surface area contributed by atoms with Gasteiger partial charge in [-0.25, -0.2) is 0 Å². The van der Waals surface area contributed by atoms with Crippen LogP contribution in [0.3, 0.4) is 0 Å². The van der Waals surface area contributed by atoms with Crippen molar-refractivity contribution in [3.63, 3.8) is 0 Å². The van der Waals surface area contributed by atoms with E-state index in [1.807, 2.05) is 0 Å². The first-order valence-corrected chi connectivity index (χ1v) is 6.76. The monoisotopic (exact) mass is 210 g/mol. The smallest absolute Gasteiger partial charge is 0.0206 e. The van der Waals surface area contributed by atoms with Gasteiger partial charge in [0.2, 0.25) is 0 Å². The molecule has 0 aromatic heterocycles. The van der Waals surface area contributed by atoms with Gasteiger partial charge in [-0.1, -0.05) is 65.0 Å². The van der Waals surface area contributed by atoms with Gasteiger partial charge in [0.05, 0.1) is 0 Å². The molecule has 0 saturated carbocycles. The van der Waals surface area contributed by atoms with Crippen LogP contribution in [0.25, 0.3) is 0 Å². The highest BCUT2D eigenvalue weighted by atomic mass is 14.2. The van der Waals surface area contributed by atoms with E-state index in [1.165, 1.54) is 32.1 Å². The predicted octanol–water partition coefficient (Wildman–Crippen LogP) is 5.59. The van der Waals surface area contributed by atoms with Gasteiger partial charge < -0.3 is 0 Å². The summed E-state index contributed by atoms with van der Waals surface area (Å²) in [7, 11) is 0. The van der Waals surface area contributed by atoms with Crippen LogP contribution < -0.4 is 0 Å². The van der Waals surface area contributed by atoms with Gasteiger partial charge in [0.25, 0.3) is 0 Å². The van der Waals surface area contributed by atoms with E-state index in [9.17, 15) is 0 Å². The summed E-state index contributed by atoms with van der Waals surface area (Å²) in [5.41, 5.74) is 3.37. The van der Waals surface area contributed by atoms with E-state index >= 15 is 0 Å². The number of allylic oxidation sites excluding steroid dienone is 2. The van der Waals surface area contributed by atoms with Gasteiger partial charge >= 0.3 is 0 Å². The van der Waals surface area contributed by atoms with Crippen molar-refractivity contribution in [2.24, 2.45) is 11.8 Å². The summed E-state index contributed by atoms with van der Waals surface area (Å²) in [5.74, 6) is 1.61. The zero-order chi connectivity index (χ0) is 11.8. The Labute approximate surface area is 97.2 Å². The summed E-state index contributed by atoms with van der Waals surface area (Å²) in [6.07, 6.45) is 6.50. The molecule has 0 aliphatic rings. The summed E-state index contributed by atoms with van der Waals surface area (Å²) in [6, 6.07) is 0. The summed E-state index contributed by atoms with van der Waals surface area (Å²) in [5, 5.41) is 0. The number of hydrogen-bond donors (Lipinski definition) is 0. The first kappa shape index (κ1) is 14.7. The van der Waals surface area contributed by atoms with Gasteiger partial charge in [0.1, 0.15) is 0 Å². The van der Waals surface area contributed by atoms with Crippen molar-refractivity contribution >= 4 is 0 Å². The standard InChI is InChI=1S/C15H30/c1-7-10-12(4)13(5)14(6)15(9-3)11-8-2/h12-13H,7-11H2,1-6H3. The van der Waals surface area contributed by atoms with Gasteiger partial charge in [0.15, 0.2) is 0 Å². The van der Waals surface area contributed by atoms with Crippen molar-refractivity contribution in [1.82, 2.24) is 0 Å². The van der Waals surface area contributed by atoms with Gasteiger partial charge in [0, 0.05) is 0 Å². The highest BCUT2D eigenvalue weighted by Gasteiger charge is 2.15. The van der Waals surface area contributed by atoms with E-state index in [2.05, 4.69) is 41.5 Å². The lowest BCUT2D eigenvalue weighted by Crippen LogP contribution is -2.11. The minimum atomic E-state index is 0.770. The molecule has 0 aliphatic carbocycles. The molecule has 0 bridgehead atoms. The number of rotatable bonds is 7. The molecule has 0 amide bonds. The van der Waals surface area contributed by atoms with Crippen molar-refractivity contribution < 1.29 is 0 Å². The molecule has 0 N–H and O–H groups in total. The van der Waals surface area contributed by atoms with E-state index in [0.717, 1.165) is 11.8 Å². The van der Waals surface area contributed by atoms with E-state index in [0.29, 0.717) is 0 Å². The SMILES string of the molecule is CCCC(CC)=C(C)C(C)C(C)CCC. The molecule has 0 aromatic carbocycles. The normalized spacial score (nSPS) is 17.2. The van der Waals surface area contributed by atoms with E-state index in [4.69, 9.17) is 0 Å². The highest BCUT2D eigenvalue weighted by Crippen LogP contribution is 2.28. The Morgan fingerprint density at radius 2 is 1.60 bits per heavy atom. The first-order valence-electron chi connectivity index (χ1n) is 6.76. The van der Waals surface area contributed by atoms with Gasteiger partial charge in [-0.05, 0) is 31.6 Å². The van der Waals surface area contributed by atoms with Crippen LogP contribution in [0.15, 0.2) is 11.1 Å². The average molecular weight is 210 g/mol. The lowest BCUT2D eigenvalue weighted by molar-refractivity contribution is 0.403. The van der Waals surface area contributed by atoms with Gasteiger partial charge in [-0.15, -0.1) is 0 Å². The fourth-order valence-electron chi connectivity index (χ4n) is 2.41. The molecule has 0 saturated heterocycles. The topological polar surface area (TPSA) is 0 Å². The van der Waals surface area contributed by atoms with Crippen LogP contribution in [-0.4, -0.2) is 0 Å². The molecule has 0 radical (unpaired) electrons. The molecule has 0 aromatic rings. The zero-order valence-electron chi connectivity index (χ0n) is 11.7. The minimum absolute atomic E-state index is 0.770.